The molecule has 2 rings (SSSR count). The first-order chi connectivity index (χ1) is 10.4. The maximum atomic E-state index is 12.4. The van der Waals surface area contributed by atoms with Crippen molar-refractivity contribution in [3.8, 4) is 5.75 Å². The van der Waals surface area contributed by atoms with Gasteiger partial charge in [0, 0.05) is 17.0 Å². The highest BCUT2D eigenvalue weighted by Gasteiger charge is 2.20. The van der Waals surface area contributed by atoms with Crippen molar-refractivity contribution in [2.24, 2.45) is 0 Å². The normalized spacial score (nSPS) is 11.2. The number of methoxy groups -OCH3 is 1. The zero-order chi connectivity index (χ0) is 16.3. The van der Waals surface area contributed by atoms with Crippen molar-refractivity contribution in [1.82, 2.24) is 0 Å². The molecule has 0 spiro atoms. The first-order valence-electron chi connectivity index (χ1n) is 6.31. The Labute approximate surface area is 131 Å². The van der Waals surface area contributed by atoms with Gasteiger partial charge in [-0.2, -0.15) is 0 Å². The summed E-state index contributed by atoms with van der Waals surface area (Å²) in [5, 5.41) is 10.8. The summed E-state index contributed by atoms with van der Waals surface area (Å²) in [4.78, 5) is 11.2. The first kappa shape index (κ1) is 16.2. The number of nitro groups is 1. The molecule has 0 bridgehead atoms. The van der Waals surface area contributed by atoms with Crippen molar-refractivity contribution in [2.45, 2.75) is 17.6 Å². The van der Waals surface area contributed by atoms with Crippen LogP contribution >= 0.6 is 11.3 Å². The molecule has 0 saturated carbocycles. The number of nitrogens with zero attached hydrogens (tertiary/aromatic N) is 1. The Balaban J connectivity index is 2.39. The third kappa shape index (κ3) is 3.37. The Bertz CT molecular complexity index is 799. The van der Waals surface area contributed by atoms with Gasteiger partial charge in [-0.15, -0.1) is 11.3 Å². The maximum Gasteiger partial charge on any atom is 0.271 e. The number of anilines is 1. The second-order valence-corrected chi connectivity index (χ2v) is 7.40. The van der Waals surface area contributed by atoms with Gasteiger partial charge in [-0.3, -0.25) is 14.8 Å². The fourth-order valence-electron chi connectivity index (χ4n) is 1.78. The van der Waals surface area contributed by atoms with E-state index in [4.69, 9.17) is 4.74 Å². The van der Waals surface area contributed by atoms with Gasteiger partial charge in [-0.25, -0.2) is 8.42 Å². The molecule has 2 aromatic rings. The summed E-state index contributed by atoms with van der Waals surface area (Å²) < 4.78 is 32.2. The molecular formula is C13H14N2O5S2. The molecule has 1 aromatic carbocycles. The largest absolute Gasteiger partial charge is 0.495 e. The van der Waals surface area contributed by atoms with E-state index in [0.29, 0.717) is 0 Å². The van der Waals surface area contributed by atoms with Crippen LogP contribution < -0.4 is 9.46 Å². The third-order valence-corrected chi connectivity index (χ3v) is 5.98. The Morgan fingerprint density at radius 3 is 2.59 bits per heavy atom. The molecule has 0 amide bonds. The lowest BCUT2D eigenvalue weighted by atomic mass is 10.2. The number of sulfonamides is 1. The van der Waals surface area contributed by atoms with Gasteiger partial charge in [0.1, 0.15) is 9.96 Å². The fourth-order valence-corrected chi connectivity index (χ4v) is 4.13. The van der Waals surface area contributed by atoms with E-state index in [1.807, 2.05) is 6.92 Å². The van der Waals surface area contributed by atoms with Crippen LogP contribution in [0.25, 0.3) is 0 Å². The van der Waals surface area contributed by atoms with Gasteiger partial charge in [0.25, 0.3) is 15.7 Å². The minimum Gasteiger partial charge on any atom is -0.495 e. The van der Waals surface area contributed by atoms with Crippen LogP contribution in [0.1, 0.15) is 11.8 Å². The zero-order valence-electron chi connectivity index (χ0n) is 11.9. The number of thiophene rings is 1. The molecular weight excluding hydrogens is 328 g/mol. The first-order valence-corrected chi connectivity index (χ1v) is 8.61. The van der Waals surface area contributed by atoms with Crippen LogP contribution in [0.15, 0.2) is 34.5 Å². The molecule has 9 heteroatoms. The third-order valence-electron chi connectivity index (χ3n) is 2.89. The van der Waals surface area contributed by atoms with Crippen molar-refractivity contribution in [1.29, 1.82) is 0 Å². The number of aryl methyl sites for hydroxylation is 1. The summed E-state index contributed by atoms with van der Waals surface area (Å²) in [6.45, 7) is 1.93. The van der Waals surface area contributed by atoms with Crippen molar-refractivity contribution in [3.05, 3.63) is 45.3 Å². The summed E-state index contributed by atoms with van der Waals surface area (Å²) in [6, 6.07) is 6.98. The number of hydrogen-bond acceptors (Lipinski definition) is 6. The molecule has 0 aliphatic rings. The van der Waals surface area contributed by atoms with E-state index in [9.17, 15) is 18.5 Å². The number of nitro benzene ring substituents is 1. The van der Waals surface area contributed by atoms with Crippen molar-refractivity contribution >= 4 is 32.7 Å². The molecule has 0 radical (unpaired) electrons. The lowest BCUT2D eigenvalue weighted by Gasteiger charge is -2.10. The number of non-ortho nitro benzene ring substituents is 1. The van der Waals surface area contributed by atoms with Gasteiger partial charge < -0.3 is 4.74 Å². The van der Waals surface area contributed by atoms with E-state index in [1.54, 1.807) is 6.07 Å². The molecule has 0 aliphatic heterocycles. The van der Waals surface area contributed by atoms with Crippen LogP contribution in [0.3, 0.4) is 0 Å². The number of benzene rings is 1. The summed E-state index contributed by atoms with van der Waals surface area (Å²) in [6.07, 6.45) is 0.736. The lowest BCUT2D eigenvalue weighted by Crippen LogP contribution is -2.12. The maximum absolute atomic E-state index is 12.4. The average Bonchev–Trinajstić information content (AvgIpc) is 2.96. The fraction of sp³-hybridized carbons (Fsp3) is 0.231. The number of ether oxygens (including phenoxy) is 1. The molecule has 22 heavy (non-hydrogen) atoms. The van der Waals surface area contributed by atoms with Gasteiger partial charge in [0.05, 0.1) is 17.7 Å². The van der Waals surface area contributed by atoms with E-state index in [-0.39, 0.29) is 21.3 Å². The van der Waals surface area contributed by atoms with Crippen LogP contribution in [-0.2, 0) is 16.4 Å². The van der Waals surface area contributed by atoms with Gasteiger partial charge in [0.2, 0.25) is 0 Å². The van der Waals surface area contributed by atoms with Crippen LogP contribution in [0.2, 0.25) is 0 Å². The average molecular weight is 342 g/mol. The number of nitrogens with one attached hydrogen (secondary N) is 1. The molecule has 1 aromatic heterocycles. The molecule has 0 aliphatic carbocycles. The molecule has 118 valence electrons. The molecule has 7 nitrogen and oxygen atoms in total. The zero-order valence-corrected chi connectivity index (χ0v) is 13.5. The Morgan fingerprint density at radius 1 is 1.32 bits per heavy atom. The Kier molecular flexibility index (Phi) is 4.67. The van der Waals surface area contributed by atoms with E-state index >= 15 is 0 Å². The summed E-state index contributed by atoms with van der Waals surface area (Å²) in [5.41, 5.74) is -0.193. The highest BCUT2D eigenvalue weighted by Crippen LogP contribution is 2.32. The van der Waals surface area contributed by atoms with Crippen molar-refractivity contribution in [2.75, 3.05) is 11.8 Å². The Morgan fingerprint density at radius 2 is 2.05 bits per heavy atom. The molecule has 0 fully saturated rings. The molecule has 1 heterocycles. The topological polar surface area (TPSA) is 98.5 Å². The summed E-state index contributed by atoms with van der Waals surface area (Å²) in [7, 11) is -2.45. The smallest absolute Gasteiger partial charge is 0.271 e. The van der Waals surface area contributed by atoms with Gasteiger partial charge in [-0.05, 0) is 24.6 Å². The molecule has 0 atom stereocenters. The van der Waals surface area contributed by atoms with Crippen molar-refractivity contribution in [3.63, 3.8) is 0 Å². The Hall–Kier alpha value is -2.13. The molecule has 1 N–H and O–H groups in total. The summed E-state index contributed by atoms with van der Waals surface area (Å²) in [5.74, 6) is 0.210. The summed E-state index contributed by atoms with van der Waals surface area (Å²) >= 11 is 1.16. The predicted octanol–water partition coefficient (Wildman–Crippen LogP) is 3.03. The van der Waals surface area contributed by atoms with Crippen LogP contribution in [0.4, 0.5) is 11.4 Å². The SMILES string of the molecule is CCc1ccc(S(=O)(=O)Nc2cc([N+](=O)[O-])ccc2OC)s1. The number of rotatable bonds is 6. The second kappa shape index (κ2) is 6.32. The van der Waals surface area contributed by atoms with E-state index in [1.165, 1.54) is 25.3 Å². The molecule has 0 unspecified atom stereocenters. The number of hydrogen-bond donors (Lipinski definition) is 1. The highest BCUT2D eigenvalue weighted by molar-refractivity contribution is 7.94. The van der Waals surface area contributed by atoms with Crippen molar-refractivity contribution < 1.29 is 18.1 Å². The van der Waals surface area contributed by atoms with E-state index in [2.05, 4.69) is 4.72 Å². The van der Waals surface area contributed by atoms with Crippen LogP contribution in [0, 0.1) is 10.1 Å². The predicted molar refractivity (Wildman–Crippen MR) is 84.2 cm³/mol. The highest BCUT2D eigenvalue weighted by atomic mass is 32.2. The standard InChI is InChI=1S/C13H14N2O5S2/c1-3-10-5-7-13(21-10)22(18,19)14-11-8-9(15(16)17)4-6-12(11)20-2/h4-8,14H,3H2,1-2H3. The minimum atomic E-state index is -3.81. The van der Waals surface area contributed by atoms with E-state index < -0.39 is 14.9 Å². The quantitative estimate of drug-likeness (QED) is 0.642. The van der Waals surface area contributed by atoms with Crippen LogP contribution in [-0.4, -0.2) is 20.5 Å². The van der Waals surface area contributed by atoms with Gasteiger partial charge in [0.15, 0.2) is 0 Å². The van der Waals surface area contributed by atoms with Crippen LogP contribution in [0.5, 0.6) is 5.75 Å². The molecule has 0 saturated heterocycles. The minimum absolute atomic E-state index is 0.0307. The van der Waals surface area contributed by atoms with E-state index in [0.717, 1.165) is 28.7 Å². The van der Waals surface area contributed by atoms with Gasteiger partial charge in [-0.1, -0.05) is 6.92 Å². The monoisotopic (exact) mass is 342 g/mol. The lowest BCUT2D eigenvalue weighted by molar-refractivity contribution is -0.384. The van der Waals surface area contributed by atoms with Gasteiger partial charge >= 0.3 is 0 Å². The second-order valence-electron chi connectivity index (χ2n) is 4.32.